The lowest BCUT2D eigenvalue weighted by atomic mass is 9.87. The summed E-state index contributed by atoms with van der Waals surface area (Å²) in [6.45, 7) is 8.31. The van der Waals surface area contributed by atoms with Crippen LogP contribution in [0.3, 0.4) is 0 Å². The van der Waals surface area contributed by atoms with E-state index in [0.29, 0.717) is 23.5 Å². The summed E-state index contributed by atoms with van der Waals surface area (Å²) in [6, 6.07) is 10.9. The average molecular weight is 337 g/mol. The van der Waals surface area contributed by atoms with E-state index in [1.807, 2.05) is 31.2 Å². The third kappa shape index (κ3) is 3.09. The van der Waals surface area contributed by atoms with E-state index in [4.69, 9.17) is 5.73 Å². The van der Waals surface area contributed by atoms with Gasteiger partial charge in [0.2, 0.25) is 5.91 Å². The molecule has 0 saturated carbocycles. The van der Waals surface area contributed by atoms with E-state index in [1.165, 1.54) is 0 Å². The summed E-state index contributed by atoms with van der Waals surface area (Å²) in [7, 11) is 0. The van der Waals surface area contributed by atoms with Crippen LogP contribution in [0.25, 0.3) is 0 Å². The Kier molecular flexibility index (Phi) is 4.03. The molecule has 25 heavy (non-hydrogen) atoms. The lowest BCUT2D eigenvalue weighted by Crippen LogP contribution is -2.31. The zero-order chi connectivity index (χ0) is 18.4. The van der Waals surface area contributed by atoms with Crippen molar-refractivity contribution in [2.45, 2.75) is 33.1 Å². The van der Waals surface area contributed by atoms with Gasteiger partial charge in [0.05, 0.1) is 0 Å². The van der Waals surface area contributed by atoms with Gasteiger partial charge in [0.15, 0.2) is 0 Å². The SMILES string of the molecule is CC(=O)N1CC(C)(C)c2cc(NC(=O)c3ccc(C)c(N)c3)ccc21. The fourth-order valence-corrected chi connectivity index (χ4v) is 3.22. The molecule has 0 aromatic heterocycles. The molecule has 0 atom stereocenters. The first kappa shape index (κ1) is 17.0. The maximum absolute atomic E-state index is 12.5. The van der Waals surface area contributed by atoms with Crippen LogP contribution >= 0.6 is 0 Å². The number of rotatable bonds is 2. The number of nitrogens with two attached hydrogens (primary N) is 1. The first-order valence-electron chi connectivity index (χ1n) is 8.29. The van der Waals surface area contributed by atoms with E-state index in [0.717, 1.165) is 16.8 Å². The maximum Gasteiger partial charge on any atom is 0.255 e. The molecule has 1 aliphatic rings. The number of hydrogen-bond donors (Lipinski definition) is 2. The number of hydrogen-bond acceptors (Lipinski definition) is 3. The molecule has 2 aromatic rings. The molecule has 5 nitrogen and oxygen atoms in total. The highest BCUT2D eigenvalue weighted by Crippen LogP contribution is 2.41. The van der Waals surface area contributed by atoms with E-state index in [2.05, 4.69) is 19.2 Å². The van der Waals surface area contributed by atoms with Crippen LogP contribution in [0.15, 0.2) is 36.4 Å². The number of carbonyl (C=O) groups excluding carboxylic acids is 2. The first-order chi connectivity index (χ1) is 11.7. The average Bonchev–Trinajstić information content (AvgIpc) is 2.81. The van der Waals surface area contributed by atoms with Crippen LogP contribution in [0.5, 0.6) is 0 Å². The molecule has 0 aliphatic carbocycles. The van der Waals surface area contributed by atoms with Gasteiger partial charge >= 0.3 is 0 Å². The summed E-state index contributed by atoms with van der Waals surface area (Å²) in [5.74, 6) is -0.176. The summed E-state index contributed by atoms with van der Waals surface area (Å²) >= 11 is 0. The predicted octanol–water partition coefficient (Wildman–Crippen LogP) is 3.47. The van der Waals surface area contributed by atoms with Gasteiger partial charge in [-0.2, -0.15) is 0 Å². The fraction of sp³-hybridized carbons (Fsp3) is 0.300. The van der Waals surface area contributed by atoms with Crippen LogP contribution in [0.1, 0.15) is 42.3 Å². The summed E-state index contributed by atoms with van der Waals surface area (Å²) < 4.78 is 0. The molecule has 0 saturated heterocycles. The molecule has 2 amide bonds. The molecule has 1 heterocycles. The molecular weight excluding hydrogens is 314 g/mol. The second-order valence-electron chi connectivity index (χ2n) is 7.25. The first-order valence-corrected chi connectivity index (χ1v) is 8.29. The van der Waals surface area contributed by atoms with Crippen LogP contribution in [0.2, 0.25) is 0 Å². The van der Waals surface area contributed by atoms with Crippen molar-refractivity contribution in [2.24, 2.45) is 0 Å². The Balaban J connectivity index is 1.89. The Morgan fingerprint density at radius 3 is 2.52 bits per heavy atom. The lowest BCUT2D eigenvalue weighted by Gasteiger charge is -2.19. The third-order valence-corrected chi connectivity index (χ3v) is 4.75. The number of carbonyl (C=O) groups is 2. The van der Waals surface area contributed by atoms with Crippen molar-refractivity contribution in [3.05, 3.63) is 53.1 Å². The van der Waals surface area contributed by atoms with Gasteiger partial charge in [0, 0.05) is 41.5 Å². The van der Waals surface area contributed by atoms with E-state index in [1.54, 1.807) is 24.0 Å². The smallest absolute Gasteiger partial charge is 0.255 e. The second-order valence-corrected chi connectivity index (χ2v) is 7.25. The van der Waals surface area contributed by atoms with Crippen molar-refractivity contribution in [2.75, 3.05) is 22.5 Å². The maximum atomic E-state index is 12.5. The number of nitrogens with one attached hydrogen (secondary N) is 1. The van der Waals surface area contributed by atoms with Gasteiger partial charge in [-0.1, -0.05) is 19.9 Å². The number of aryl methyl sites for hydroxylation is 1. The van der Waals surface area contributed by atoms with E-state index < -0.39 is 0 Å². The van der Waals surface area contributed by atoms with Crippen molar-refractivity contribution in [1.82, 2.24) is 0 Å². The Hall–Kier alpha value is -2.82. The summed E-state index contributed by atoms with van der Waals surface area (Å²) in [5, 5.41) is 2.92. The molecule has 5 heteroatoms. The van der Waals surface area contributed by atoms with E-state index >= 15 is 0 Å². The number of nitrogen functional groups attached to an aromatic ring is 1. The minimum absolute atomic E-state index is 0.0266. The van der Waals surface area contributed by atoms with Gasteiger partial charge in [-0.25, -0.2) is 0 Å². The normalized spacial score (nSPS) is 15.0. The minimum Gasteiger partial charge on any atom is -0.398 e. The summed E-state index contributed by atoms with van der Waals surface area (Å²) in [6.07, 6.45) is 0. The topological polar surface area (TPSA) is 75.4 Å². The second kappa shape index (κ2) is 5.92. The van der Waals surface area contributed by atoms with Crippen LogP contribution in [0.4, 0.5) is 17.1 Å². The Bertz CT molecular complexity index is 871. The molecular formula is C20H23N3O2. The zero-order valence-corrected chi connectivity index (χ0v) is 15.0. The molecule has 0 fully saturated rings. The number of fused-ring (bicyclic) bond motifs is 1. The van der Waals surface area contributed by atoms with Gasteiger partial charge < -0.3 is 16.0 Å². The number of nitrogens with zero attached hydrogens (tertiary/aromatic N) is 1. The molecule has 1 aliphatic heterocycles. The largest absolute Gasteiger partial charge is 0.398 e. The quantitative estimate of drug-likeness (QED) is 0.824. The van der Waals surface area contributed by atoms with Gasteiger partial charge in [-0.15, -0.1) is 0 Å². The lowest BCUT2D eigenvalue weighted by molar-refractivity contribution is -0.116. The highest BCUT2D eigenvalue weighted by Gasteiger charge is 2.37. The van der Waals surface area contributed by atoms with Crippen LogP contribution in [-0.4, -0.2) is 18.4 Å². The zero-order valence-electron chi connectivity index (χ0n) is 15.0. The van der Waals surface area contributed by atoms with Gasteiger partial charge in [0.25, 0.3) is 5.91 Å². The number of amides is 2. The highest BCUT2D eigenvalue weighted by atomic mass is 16.2. The Morgan fingerprint density at radius 2 is 1.88 bits per heavy atom. The molecule has 0 spiro atoms. The highest BCUT2D eigenvalue weighted by molar-refractivity contribution is 6.05. The van der Waals surface area contributed by atoms with E-state index in [9.17, 15) is 9.59 Å². The van der Waals surface area contributed by atoms with Gasteiger partial charge in [0.1, 0.15) is 0 Å². The number of anilines is 3. The van der Waals surface area contributed by atoms with Gasteiger partial charge in [-0.05, 0) is 48.4 Å². The molecule has 3 N–H and O–H groups in total. The Labute approximate surface area is 147 Å². The number of benzene rings is 2. The van der Waals surface area contributed by atoms with Crippen molar-refractivity contribution in [1.29, 1.82) is 0 Å². The summed E-state index contributed by atoms with van der Waals surface area (Å²) in [5.41, 5.74) is 10.5. The van der Waals surface area contributed by atoms with Crippen LogP contribution in [-0.2, 0) is 10.2 Å². The van der Waals surface area contributed by atoms with Gasteiger partial charge in [-0.3, -0.25) is 9.59 Å². The van der Waals surface area contributed by atoms with E-state index in [-0.39, 0.29) is 17.2 Å². The van der Waals surface area contributed by atoms with Crippen molar-refractivity contribution in [3.63, 3.8) is 0 Å². The minimum atomic E-state index is -0.203. The van der Waals surface area contributed by atoms with Crippen molar-refractivity contribution in [3.8, 4) is 0 Å². The molecule has 0 bridgehead atoms. The van der Waals surface area contributed by atoms with Crippen LogP contribution in [0, 0.1) is 6.92 Å². The standard InChI is InChI=1S/C20H23N3O2/c1-12-5-6-14(9-17(12)21)19(25)22-15-7-8-18-16(10-15)20(3,4)11-23(18)13(2)24/h5-10H,11,21H2,1-4H3,(H,22,25). The third-order valence-electron chi connectivity index (χ3n) is 4.75. The fourth-order valence-electron chi connectivity index (χ4n) is 3.22. The summed E-state index contributed by atoms with van der Waals surface area (Å²) in [4.78, 5) is 26.1. The predicted molar refractivity (Wildman–Crippen MR) is 101 cm³/mol. The molecule has 3 rings (SSSR count). The molecule has 0 unspecified atom stereocenters. The Morgan fingerprint density at radius 1 is 1.16 bits per heavy atom. The van der Waals surface area contributed by atoms with Crippen LogP contribution < -0.4 is 16.0 Å². The molecule has 2 aromatic carbocycles. The monoisotopic (exact) mass is 337 g/mol. The molecule has 0 radical (unpaired) electrons. The van der Waals surface area contributed by atoms with Crippen molar-refractivity contribution < 1.29 is 9.59 Å². The molecule has 130 valence electrons. The van der Waals surface area contributed by atoms with Crippen molar-refractivity contribution >= 4 is 28.9 Å².